The quantitative estimate of drug-likeness (QED) is 0.365. The average Bonchev–Trinajstić information content (AvgIpc) is 3.74. The van der Waals surface area contributed by atoms with E-state index in [1.54, 1.807) is 11.6 Å². The number of fused-ring (bicyclic) bond motifs is 1. The molecule has 0 bridgehead atoms. The molecule has 10 heteroatoms. The Morgan fingerprint density at radius 3 is 2.68 bits per heavy atom. The van der Waals surface area contributed by atoms with E-state index in [2.05, 4.69) is 20.4 Å². The van der Waals surface area contributed by atoms with Crippen LogP contribution in [-0.4, -0.2) is 47.2 Å². The van der Waals surface area contributed by atoms with Crippen molar-refractivity contribution in [3.8, 4) is 0 Å². The maximum Gasteiger partial charge on any atom is 0.416 e. The number of carbonyl (C=O) groups is 1. The van der Waals surface area contributed by atoms with Crippen LogP contribution in [0.3, 0.4) is 0 Å². The minimum Gasteiger partial charge on any atom is -0.316 e. The summed E-state index contributed by atoms with van der Waals surface area (Å²) < 4.78 is 43.4. The monoisotopic (exact) mass is 581 g/mol. The minimum atomic E-state index is -4.55. The van der Waals surface area contributed by atoms with Gasteiger partial charge in [-0.1, -0.05) is 18.6 Å². The van der Waals surface area contributed by atoms with Crippen LogP contribution in [0.4, 0.5) is 18.9 Å². The Morgan fingerprint density at radius 2 is 2.00 bits per heavy atom. The third-order valence-electron chi connectivity index (χ3n) is 10.0. The largest absolute Gasteiger partial charge is 0.416 e. The molecule has 4 aliphatic rings. The van der Waals surface area contributed by atoms with Gasteiger partial charge in [-0.15, -0.1) is 21.5 Å². The molecular weight excluding hydrogens is 547 g/mol. The molecular formula is C31H34F3N5OS. The van der Waals surface area contributed by atoms with Crippen molar-refractivity contribution in [2.24, 2.45) is 11.3 Å². The van der Waals surface area contributed by atoms with E-state index in [1.807, 2.05) is 31.2 Å². The highest BCUT2D eigenvalue weighted by Gasteiger charge is 2.44. The molecule has 3 fully saturated rings. The van der Waals surface area contributed by atoms with Gasteiger partial charge in [0.25, 0.3) is 5.91 Å². The highest BCUT2D eigenvalue weighted by atomic mass is 32.1. The molecule has 0 unspecified atom stereocenters. The number of likely N-dealkylation sites (tertiary alicyclic amines) is 1. The van der Waals surface area contributed by atoms with Crippen molar-refractivity contribution in [3.63, 3.8) is 0 Å². The zero-order valence-electron chi connectivity index (χ0n) is 23.1. The van der Waals surface area contributed by atoms with Crippen LogP contribution in [0.1, 0.15) is 88.6 Å². The second-order valence-electron chi connectivity index (χ2n) is 12.3. The second-order valence-corrected chi connectivity index (χ2v) is 13.2. The van der Waals surface area contributed by atoms with Crippen molar-refractivity contribution < 1.29 is 18.0 Å². The van der Waals surface area contributed by atoms with Crippen LogP contribution in [0.15, 0.2) is 41.9 Å². The first kappa shape index (κ1) is 27.0. The summed E-state index contributed by atoms with van der Waals surface area (Å²) in [6.07, 6.45) is 0.980. The van der Waals surface area contributed by atoms with E-state index in [0.717, 1.165) is 62.4 Å². The van der Waals surface area contributed by atoms with Crippen molar-refractivity contribution in [3.05, 3.63) is 74.7 Å². The first-order valence-corrected chi connectivity index (χ1v) is 15.5. The molecule has 3 aliphatic heterocycles. The first-order chi connectivity index (χ1) is 19.7. The van der Waals surface area contributed by atoms with E-state index in [1.165, 1.54) is 28.7 Å². The average molecular weight is 582 g/mol. The van der Waals surface area contributed by atoms with Gasteiger partial charge in [0.2, 0.25) is 0 Å². The lowest BCUT2D eigenvalue weighted by atomic mass is 9.73. The third kappa shape index (κ3) is 4.77. The normalized spacial score (nSPS) is 24.7. The molecule has 1 aliphatic carbocycles. The van der Waals surface area contributed by atoms with Crippen molar-refractivity contribution in [2.45, 2.75) is 63.7 Å². The Labute approximate surface area is 242 Å². The molecule has 216 valence electrons. The molecule has 1 saturated carbocycles. The number of carbonyl (C=O) groups excluding carboxylic acids is 1. The summed E-state index contributed by atoms with van der Waals surface area (Å²) in [7, 11) is 0. The van der Waals surface area contributed by atoms with Crippen LogP contribution < -0.4 is 10.2 Å². The fourth-order valence-corrected chi connectivity index (χ4v) is 8.15. The topological polar surface area (TPSA) is 61.4 Å². The second kappa shape index (κ2) is 10.2. The van der Waals surface area contributed by atoms with Gasteiger partial charge >= 0.3 is 6.18 Å². The number of nitrogens with zero attached hydrogens (tertiary/aromatic N) is 4. The standard InChI is InChI=1S/C31H34F3N5OS/c1-19(38-11-9-30(17-38)8-10-35-16-30)22-13-24-25(26(14-22)31(32,33)34)15-39(29(24)40)23-7-3-6-21(12-23)27(20-4-2-5-20)28-37-36-18-41-28/h3,6-7,12-14,18-20,27,35H,2,4-5,8-11,15-17H2,1H3/t19-,27-,30+/m1/s1. The molecule has 41 heavy (non-hydrogen) atoms. The molecule has 0 radical (unpaired) electrons. The lowest BCUT2D eigenvalue weighted by Gasteiger charge is -2.33. The molecule has 7 rings (SSSR count). The number of halogens is 3. The van der Waals surface area contributed by atoms with Gasteiger partial charge in [0.1, 0.15) is 10.5 Å². The fourth-order valence-electron chi connectivity index (χ4n) is 7.38. The predicted molar refractivity (Wildman–Crippen MR) is 152 cm³/mol. The van der Waals surface area contributed by atoms with Gasteiger partial charge in [-0.25, -0.2) is 0 Å². The Balaban J connectivity index is 1.21. The Hall–Kier alpha value is -2.82. The minimum absolute atomic E-state index is 0.0707. The maximum atomic E-state index is 14.5. The van der Waals surface area contributed by atoms with E-state index < -0.39 is 11.7 Å². The van der Waals surface area contributed by atoms with Crippen LogP contribution in [0.2, 0.25) is 0 Å². The lowest BCUT2D eigenvalue weighted by Crippen LogP contribution is -2.31. The van der Waals surface area contributed by atoms with Gasteiger partial charge in [0.15, 0.2) is 0 Å². The molecule has 1 amide bonds. The number of aromatic nitrogens is 2. The van der Waals surface area contributed by atoms with Gasteiger partial charge in [-0.05, 0) is 98.0 Å². The van der Waals surface area contributed by atoms with Crippen molar-refractivity contribution >= 4 is 22.9 Å². The van der Waals surface area contributed by atoms with Crippen LogP contribution in [-0.2, 0) is 12.7 Å². The molecule has 1 aromatic heterocycles. The number of anilines is 1. The number of benzene rings is 2. The molecule has 2 aromatic carbocycles. The fraction of sp³-hybridized carbons (Fsp3) is 0.516. The van der Waals surface area contributed by atoms with Gasteiger partial charge < -0.3 is 10.2 Å². The smallest absolute Gasteiger partial charge is 0.316 e. The molecule has 6 nitrogen and oxygen atoms in total. The molecule has 3 aromatic rings. The summed E-state index contributed by atoms with van der Waals surface area (Å²) in [5, 5.41) is 12.8. The summed E-state index contributed by atoms with van der Waals surface area (Å²) in [5.41, 5.74) is 3.70. The van der Waals surface area contributed by atoms with Gasteiger partial charge in [0, 0.05) is 36.3 Å². The first-order valence-electron chi connectivity index (χ1n) is 14.6. The number of rotatable bonds is 6. The summed E-state index contributed by atoms with van der Waals surface area (Å²) in [5.74, 6) is 0.161. The predicted octanol–water partition coefficient (Wildman–Crippen LogP) is 6.40. The summed E-state index contributed by atoms with van der Waals surface area (Å²) in [6.45, 7) is 5.55. The van der Waals surface area contributed by atoms with Crippen LogP contribution >= 0.6 is 11.3 Å². The number of alkyl halides is 3. The van der Waals surface area contributed by atoms with E-state index in [4.69, 9.17) is 0 Å². The lowest BCUT2D eigenvalue weighted by molar-refractivity contribution is -0.138. The molecule has 2 saturated heterocycles. The number of nitrogens with one attached hydrogen (secondary N) is 1. The van der Waals surface area contributed by atoms with Gasteiger partial charge in [-0.3, -0.25) is 9.69 Å². The zero-order chi connectivity index (χ0) is 28.4. The van der Waals surface area contributed by atoms with E-state index in [9.17, 15) is 18.0 Å². The summed E-state index contributed by atoms with van der Waals surface area (Å²) >= 11 is 1.52. The van der Waals surface area contributed by atoms with Crippen LogP contribution in [0, 0.1) is 11.3 Å². The van der Waals surface area contributed by atoms with E-state index in [-0.39, 0.29) is 41.0 Å². The van der Waals surface area contributed by atoms with E-state index >= 15 is 0 Å². The van der Waals surface area contributed by atoms with Gasteiger partial charge in [-0.2, -0.15) is 13.2 Å². The van der Waals surface area contributed by atoms with Crippen LogP contribution in [0.5, 0.6) is 0 Å². The Kier molecular flexibility index (Phi) is 6.71. The summed E-state index contributed by atoms with van der Waals surface area (Å²) in [4.78, 5) is 17.6. The number of hydrogen-bond acceptors (Lipinski definition) is 6. The van der Waals surface area contributed by atoms with Crippen molar-refractivity contribution in [1.29, 1.82) is 0 Å². The number of amides is 1. The third-order valence-corrected chi connectivity index (χ3v) is 10.8. The molecule has 1 N–H and O–H groups in total. The highest BCUT2D eigenvalue weighted by molar-refractivity contribution is 7.09. The van der Waals surface area contributed by atoms with Crippen molar-refractivity contribution in [2.75, 3.05) is 31.1 Å². The zero-order valence-corrected chi connectivity index (χ0v) is 23.9. The summed E-state index contributed by atoms with van der Waals surface area (Å²) in [6, 6.07) is 10.5. The molecule has 3 atom stereocenters. The van der Waals surface area contributed by atoms with Crippen molar-refractivity contribution in [1.82, 2.24) is 20.4 Å². The number of hydrogen-bond donors (Lipinski definition) is 1. The Bertz CT molecular complexity index is 1450. The SMILES string of the molecule is C[C@H](c1cc2c(c(C(F)(F)F)c1)CN(c1cccc([C@H](c3nncs3)C3CCC3)c1)C2=O)N1CC[C@]2(CCNC2)C1. The molecule has 4 heterocycles. The Morgan fingerprint density at radius 1 is 1.15 bits per heavy atom. The maximum absolute atomic E-state index is 14.5. The highest BCUT2D eigenvalue weighted by Crippen LogP contribution is 2.46. The van der Waals surface area contributed by atoms with Crippen LogP contribution in [0.25, 0.3) is 0 Å². The molecule has 1 spiro atoms. The van der Waals surface area contributed by atoms with E-state index in [0.29, 0.717) is 17.2 Å². The van der Waals surface area contributed by atoms with Gasteiger partial charge in [0.05, 0.1) is 12.1 Å².